The third-order valence-corrected chi connectivity index (χ3v) is 5.01. The Morgan fingerprint density at radius 3 is 2.70 bits per heavy atom. The molecule has 0 amide bonds. The molecule has 0 bridgehead atoms. The smallest absolute Gasteiger partial charge is 0.106 e. The standard InChI is InChI=1S/C17H33N3/c1-4-8-16-9-6-12-20(14-10-16)13-7-11-17(5-2,15-18)19-3/h16,19H,4-14H2,1-3H3. The van der Waals surface area contributed by atoms with Gasteiger partial charge in [0.25, 0.3) is 0 Å². The van der Waals surface area contributed by atoms with E-state index in [1.165, 1.54) is 45.2 Å². The van der Waals surface area contributed by atoms with Crippen LogP contribution in [0.25, 0.3) is 0 Å². The lowest BCUT2D eigenvalue weighted by atomic mass is 9.92. The maximum Gasteiger partial charge on any atom is 0.106 e. The first kappa shape index (κ1) is 17.5. The van der Waals surface area contributed by atoms with E-state index in [1.54, 1.807) is 0 Å². The molecule has 0 aliphatic carbocycles. The van der Waals surface area contributed by atoms with Crippen molar-refractivity contribution in [2.75, 3.05) is 26.7 Å². The Balaban J connectivity index is 2.30. The van der Waals surface area contributed by atoms with Crippen molar-refractivity contribution >= 4 is 0 Å². The lowest BCUT2D eigenvalue weighted by Crippen LogP contribution is -2.41. The predicted molar refractivity (Wildman–Crippen MR) is 85.6 cm³/mol. The van der Waals surface area contributed by atoms with Crippen molar-refractivity contribution in [1.82, 2.24) is 10.2 Å². The van der Waals surface area contributed by atoms with E-state index in [2.05, 4.69) is 30.1 Å². The van der Waals surface area contributed by atoms with Crippen LogP contribution in [0.4, 0.5) is 0 Å². The molecule has 20 heavy (non-hydrogen) atoms. The van der Waals surface area contributed by atoms with E-state index in [-0.39, 0.29) is 5.54 Å². The number of likely N-dealkylation sites (tertiary alicyclic amines) is 1. The zero-order valence-corrected chi connectivity index (χ0v) is 13.7. The van der Waals surface area contributed by atoms with Gasteiger partial charge >= 0.3 is 0 Å². The molecule has 0 radical (unpaired) electrons. The average Bonchev–Trinajstić information content (AvgIpc) is 2.70. The molecule has 1 aliphatic heterocycles. The fraction of sp³-hybridized carbons (Fsp3) is 0.941. The van der Waals surface area contributed by atoms with Crippen molar-refractivity contribution in [3.8, 4) is 6.07 Å². The summed E-state index contributed by atoms with van der Waals surface area (Å²) in [5.74, 6) is 0.955. The largest absolute Gasteiger partial charge is 0.303 e. The van der Waals surface area contributed by atoms with Crippen LogP contribution in [0.15, 0.2) is 0 Å². The zero-order chi connectivity index (χ0) is 14.8. The highest BCUT2D eigenvalue weighted by molar-refractivity contribution is 5.05. The van der Waals surface area contributed by atoms with Gasteiger partial charge in [-0.05, 0) is 71.1 Å². The second-order valence-corrected chi connectivity index (χ2v) is 6.33. The minimum atomic E-state index is -0.309. The van der Waals surface area contributed by atoms with Crippen molar-refractivity contribution < 1.29 is 0 Å². The molecule has 3 heteroatoms. The van der Waals surface area contributed by atoms with Gasteiger partial charge in [-0.1, -0.05) is 26.7 Å². The molecule has 1 N–H and O–H groups in total. The van der Waals surface area contributed by atoms with Crippen LogP contribution in [0.5, 0.6) is 0 Å². The molecular weight excluding hydrogens is 246 g/mol. The summed E-state index contributed by atoms with van der Waals surface area (Å²) in [5.41, 5.74) is -0.309. The quantitative estimate of drug-likeness (QED) is 0.738. The van der Waals surface area contributed by atoms with Crippen LogP contribution in [0.1, 0.15) is 65.2 Å². The monoisotopic (exact) mass is 279 g/mol. The minimum Gasteiger partial charge on any atom is -0.303 e. The lowest BCUT2D eigenvalue weighted by molar-refractivity contribution is 0.259. The van der Waals surface area contributed by atoms with Gasteiger partial charge in [-0.25, -0.2) is 0 Å². The van der Waals surface area contributed by atoms with Gasteiger partial charge in [-0.15, -0.1) is 0 Å². The first-order valence-corrected chi connectivity index (χ1v) is 8.52. The first-order valence-electron chi connectivity index (χ1n) is 8.52. The number of rotatable bonds is 8. The molecule has 0 aromatic carbocycles. The highest BCUT2D eigenvalue weighted by Crippen LogP contribution is 2.23. The minimum absolute atomic E-state index is 0.309. The van der Waals surface area contributed by atoms with Crippen molar-refractivity contribution in [1.29, 1.82) is 5.26 Å². The molecular formula is C17H33N3. The average molecular weight is 279 g/mol. The summed E-state index contributed by atoms with van der Waals surface area (Å²) in [6.07, 6.45) is 9.85. The number of hydrogen-bond donors (Lipinski definition) is 1. The number of nitrogens with one attached hydrogen (secondary N) is 1. The molecule has 1 heterocycles. The van der Waals surface area contributed by atoms with Crippen LogP contribution in [-0.2, 0) is 0 Å². The third kappa shape index (κ3) is 5.42. The summed E-state index contributed by atoms with van der Waals surface area (Å²) in [7, 11) is 1.91. The SMILES string of the molecule is CCCC1CCCN(CCCC(C#N)(CC)NC)CC1. The second-order valence-electron chi connectivity index (χ2n) is 6.33. The normalized spacial score (nSPS) is 23.8. The van der Waals surface area contributed by atoms with Crippen LogP contribution < -0.4 is 5.32 Å². The Kier molecular flexibility index (Phi) is 8.18. The number of hydrogen-bond acceptors (Lipinski definition) is 3. The molecule has 0 aromatic rings. The molecule has 2 unspecified atom stereocenters. The van der Waals surface area contributed by atoms with E-state index in [0.29, 0.717) is 0 Å². The molecule has 116 valence electrons. The van der Waals surface area contributed by atoms with Gasteiger partial charge < -0.3 is 10.2 Å². The Morgan fingerprint density at radius 1 is 1.30 bits per heavy atom. The molecule has 0 saturated carbocycles. The van der Waals surface area contributed by atoms with Gasteiger partial charge in [-0.3, -0.25) is 0 Å². The second kappa shape index (κ2) is 9.37. The Bertz CT molecular complexity index is 291. The van der Waals surface area contributed by atoms with Crippen LogP contribution in [0.3, 0.4) is 0 Å². The molecule has 0 spiro atoms. The van der Waals surface area contributed by atoms with E-state index in [4.69, 9.17) is 0 Å². The maximum atomic E-state index is 9.33. The zero-order valence-electron chi connectivity index (χ0n) is 13.7. The molecule has 1 fully saturated rings. The van der Waals surface area contributed by atoms with E-state index >= 15 is 0 Å². The topological polar surface area (TPSA) is 39.1 Å². The van der Waals surface area contributed by atoms with Gasteiger partial charge in [0.1, 0.15) is 5.54 Å². The van der Waals surface area contributed by atoms with Crippen molar-refractivity contribution in [2.24, 2.45) is 5.92 Å². The highest BCUT2D eigenvalue weighted by atomic mass is 15.1. The van der Waals surface area contributed by atoms with Crippen LogP contribution in [0, 0.1) is 17.2 Å². The maximum absolute atomic E-state index is 9.33. The third-order valence-electron chi connectivity index (χ3n) is 5.01. The van der Waals surface area contributed by atoms with Crippen LogP contribution >= 0.6 is 0 Å². The first-order chi connectivity index (χ1) is 9.69. The van der Waals surface area contributed by atoms with Gasteiger partial charge in [0, 0.05) is 0 Å². The molecule has 1 saturated heterocycles. The van der Waals surface area contributed by atoms with Gasteiger partial charge in [-0.2, -0.15) is 5.26 Å². The highest BCUT2D eigenvalue weighted by Gasteiger charge is 2.25. The fourth-order valence-corrected chi connectivity index (χ4v) is 3.42. The molecule has 0 aromatic heterocycles. The summed E-state index contributed by atoms with van der Waals surface area (Å²) < 4.78 is 0. The summed E-state index contributed by atoms with van der Waals surface area (Å²) in [4.78, 5) is 2.61. The summed E-state index contributed by atoms with van der Waals surface area (Å²) in [6, 6.07) is 2.46. The number of nitriles is 1. The predicted octanol–water partition coefficient (Wildman–Crippen LogP) is 3.56. The molecule has 3 nitrogen and oxygen atoms in total. The lowest BCUT2D eigenvalue weighted by Gasteiger charge is -2.26. The van der Waals surface area contributed by atoms with Gasteiger partial charge in [0.15, 0.2) is 0 Å². The van der Waals surface area contributed by atoms with Crippen LogP contribution in [-0.4, -0.2) is 37.1 Å². The van der Waals surface area contributed by atoms with E-state index < -0.39 is 0 Å². The van der Waals surface area contributed by atoms with E-state index in [1.807, 2.05) is 7.05 Å². The van der Waals surface area contributed by atoms with Crippen LogP contribution in [0.2, 0.25) is 0 Å². The van der Waals surface area contributed by atoms with Gasteiger partial charge in [0.2, 0.25) is 0 Å². The van der Waals surface area contributed by atoms with Crippen molar-refractivity contribution in [2.45, 2.75) is 70.8 Å². The summed E-state index contributed by atoms with van der Waals surface area (Å²) >= 11 is 0. The summed E-state index contributed by atoms with van der Waals surface area (Å²) in [5, 5.41) is 12.5. The molecule has 1 rings (SSSR count). The Labute approximate surface area is 125 Å². The van der Waals surface area contributed by atoms with Gasteiger partial charge in [0.05, 0.1) is 6.07 Å². The summed E-state index contributed by atoms with van der Waals surface area (Å²) in [6.45, 7) is 8.07. The number of nitrogens with zero attached hydrogens (tertiary/aromatic N) is 2. The Hall–Kier alpha value is -0.590. The van der Waals surface area contributed by atoms with Crippen molar-refractivity contribution in [3.05, 3.63) is 0 Å². The molecule has 1 aliphatic rings. The van der Waals surface area contributed by atoms with E-state index in [9.17, 15) is 5.26 Å². The molecule has 2 atom stereocenters. The fourth-order valence-electron chi connectivity index (χ4n) is 3.42. The van der Waals surface area contributed by atoms with Crippen molar-refractivity contribution in [3.63, 3.8) is 0 Å². The van der Waals surface area contributed by atoms with E-state index in [0.717, 1.165) is 31.7 Å². The Morgan fingerprint density at radius 2 is 2.10 bits per heavy atom.